The van der Waals surface area contributed by atoms with Crippen LogP contribution in [-0.2, 0) is 9.59 Å². The molecule has 0 aliphatic rings. The number of aliphatic carboxylic acids is 1. The first-order chi connectivity index (χ1) is 9.38. The van der Waals surface area contributed by atoms with Crippen LogP contribution in [-0.4, -0.2) is 27.0 Å². The van der Waals surface area contributed by atoms with Crippen molar-refractivity contribution >= 4 is 28.6 Å². The first-order valence-corrected chi connectivity index (χ1v) is 6.38. The fourth-order valence-corrected chi connectivity index (χ4v) is 1.91. The van der Waals surface area contributed by atoms with E-state index in [0.29, 0.717) is 5.69 Å². The topological polar surface area (TPSA) is 95.1 Å². The third-order valence-electron chi connectivity index (χ3n) is 3.42. The standard InChI is InChI=1S/C14H17N3O3/c1-7(8(2)14(19)20)13(18)17-10-4-5-11-12(6-10)16-9(3)15-11/h4-8H,1-3H3,(H,15,16)(H,17,18)(H,19,20). The SMILES string of the molecule is Cc1nc2ccc(NC(=O)C(C)C(C)C(=O)O)cc2[nH]1. The number of H-pyrrole nitrogens is 1. The summed E-state index contributed by atoms with van der Waals surface area (Å²) in [6.45, 7) is 4.98. The molecule has 106 valence electrons. The van der Waals surface area contributed by atoms with Crippen molar-refractivity contribution in [3.63, 3.8) is 0 Å². The number of nitrogens with one attached hydrogen (secondary N) is 2. The van der Waals surface area contributed by atoms with Crippen LogP contribution >= 0.6 is 0 Å². The number of imidazole rings is 1. The molecule has 2 rings (SSSR count). The van der Waals surface area contributed by atoms with Gasteiger partial charge in [-0.2, -0.15) is 0 Å². The number of fused-ring (bicyclic) bond motifs is 1. The summed E-state index contributed by atoms with van der Waals surface area (Å²) in [5.74, 6) is -1.82. The Morgan fingerprint density at radius 3 is 2.65 bits per heavy atom. The van der Waals surface area contributed by atoms with Gasteiger partial charge >= 0.3 is 5.97 Å². The Morgan fingerprint density at radius 2 is 2.00 bits per heavy atom. The van der Waals surface area contributed by atoms with E-state index in [-0.39, 0.29) is 5.91 Å². The highest BCUT2D eigenvalue weighted by Crippen LogP contribution is 2.19. The van der Waals surface area contributed by atoms with Crippen LogP contribution in [0.4, 0.5) is 5.69 Å². The average Bonchev–Trinajstić information content (AvgIpc) is 2.76. The van der Waals surface area contributed by atoms with Gasteiger partial charge in [0.2, 0.25) is 5.91 Å². The molecule has 2 aromatic rings. The van der Waals surface area contributed by atoms with Crippen LogP contribution in [0.2, 0.25) is 0 Å². The van der Waals surface area contributed by atoms with E-state index < -0.39 is 17.8 Å². The Kier molecular flexibility index (Phi) is 3.74. The molecule has 0 radical (unpaired) electrons. The van der Waals surface area contributed by atoms with Gasteiger partial charge in [0.25, 0.3) is 0 Å². The van der Waals surface area contributed by atoms with Crippen LogP contribution in [0.1, 0.15) is 19.7 Å². The largest absolute Gasteiger partial charge is 0.481 e. The molecule has 0 aliphatic heterocycles. The molecular weight excluding hydrogens is 258 g/mol. The Hall–Kier alpha value is -2.37. The van der Waals surface area contributed by atoms with Crippen LogP contribution in [0.25, 0.3) is 11.0 Å². The van der Waals surface area contributed by atoms with Crippen molar-refractivity contribution in [2.45, 2.75) is 20.8 Å². The van der Waals surface area contributed by atoms with Gasteiger partial charge in [0.05, 0.1) is 17.0 Å². The lowest BCUT2D eigenvalue weighted by molar-refractivity contribution is -0.145. The van der Waals surface area contributed by atoms with E-state index in [0.717, 1.165) is 16.9 Å². The maximum Gasteiger partial charge on any atom is 0.307 e. The molecule has 3 N–H and O–H groups in total. The fourth-order valence-electron chi connectivity index (χ4n) is 1.91. The molecule has 6 nitrogen and oxygen atoms in total. The van der Waals surface area contributed by atoms with E-state index in [2.05, 4.69) is 15.3 Å². The fraction of sp³-hybridized carbons (Fsp3) is 0.357. The Morgan fingerprint density at radius 1 is 1.30 bits per heavy atom. The van der Waals surface area contributed by atoms with Gasteiger partial charge in [0.15, 0.2) is 0 Å². The number of rotatable bonds is 4. The molecule has 0 bridgehead atoms. The van der Waals surface area contributed by atoms with Gasteiger partial charge in [-0.15, -0.1) is 0 Å². The second-order valence-electron chi connectivity index (χ2n) is 4.96. The zero-order valence-corrected chi connectivity index (χ0v) is 11.6. The zero-order chi connectivity index (χ0) is 14.9. The summed E-state index contributed by atoms with van der Waals surface area (Å²) in [4.78, 5) is 30.2. The number of benzene rings is 1. The lowest BCUT2D eigenvalue weighted by Gasteiger charge is -2.15. The van der Waals surface area contributed by atoms with Crippen LogP contribution in [0, 0.1) is 18.8 Å². The summed E-state index contributed by atoms with van der Waals surface area (Å²) in [5.41, 5.74) is 2.28. The molecule has 0 fully saturated rings. The summed E-state index contributed by atoms with van der Waals surface area (Å²) >= 11 is 0. The number of nitrogens with zero attached hydrogens (tertiary/aromatic N) is 1. The molecule has 0 spiro atoms. The van der Waals surface area contributed by atoms with Crippen LogP contribution in [0.15, 0.2) is 18.2 Å². The number of carboxylic acids is 1. The molecule has 1 aromatic carbocycles. The number of anilines is 1. The van der Waals surface area contributed by atoms with Crippen molar-refractivity contribution in [1.82, 2.24) is 9.97 Å². The maximum absolute atomic E-state index is 12.0. The second kappa shape index (κ2) is 5.32. The van der Waals surface area contributed by atoms with Crippen molar-refractivity contribution in [3.8, 4) is 0 Å². The average molecular weight is 275 g/mol. The number of aromatic amines is 1. The number of carbonyl (C=O) groups excluding carboxylic acids is 1. The highest BCUT2D eigenvalue weighted by Gasteiger charge is 2.25. The van der Waals surface area contributed by atoms with Gasteiger partial charge in [-0.1, -0.05) is 13.8 Å². The molecule has 0 saturated carbocycles. The summed E-state index contributed by atoms with van der Waals surface area (Å²) in [6, 6.07) is 5.34. The monoisotopic (exact) mass is 275 g/mol. The molecule has 0 aliphatic carbocycles. The molecule has 0 saturated heterocycles. The van der Waals surface area contributed by atoms with Crippen molar-refractivity contribution in [2.75, 3.05) is 5.32 Å². The molecule has 1 aromatic heterocycles. The third kappa shape index (κ3) is 2.79. The highest BCUT2D eigenvalue weighted by atomic mass is 16.4. The van der Waals surface area contributed by atoms with E-state index in [1.54, 1.807) is 25.1 Å². The Labute approximate surface area is 116 Å². The van der Waals surface area contributed by atoms with E-state index in [1.165, 1.54) is 6.92 Å². The van der Waals surface area contributed by atoms with E-state index in [4.69, 9.17) is 5.11 Å². The number of amides is 1. The molecule has 1 amide bonds. The molecule has 2 unspecified atom stereocenters. The molecular formula is C14H17N3O3. The van der Waals surface area contributed by atoms with Gasteiger partial charge in [-0.05, 0) is 25.1 Å². The predicted octanol–water partition coefficient (Wildman–Crippen LogP) is 2.17. The van der Waals surface area contributed by atoms with Crippen molar-refractivity contribution in [3.05, 3.63) is 24.0 Å². The summed E-state index contributed by atoms with van der Waals surface area (Å²) in [7, 11) is 0. The summed E-state index contributed by atoms with van der Waals surface area (Å²) in [6.07, 6.45) is 0. The van der Waals surface area contributed by atoms with E-state index in [9.17, 15) is 9.59 Å². The second-order valence-corrected chi connectivity index (χ2v) is 4.96. The summed E-state index contributed by atoms with van der Waals surface area (Å²) in [5, 5.41) is 11.6. The number of aryl methyl sites for hydroxylation is 1. The lowest BCUT2D eigenvalue weighted by atomic mass is 9.95. The van der Waals surface area contributed by atoms with Gasteiger partial charge < -0.3 is 15.4 Å². The number of hydrogen-bond acceptors (Lipinski definition) is 3. The maximum atomic E-state index is 12.0. The smallest absolute Gasteiger partial charge is 0.307 e. The number of hydrogen-bond donors (Lipinski definition) is 3. The van der Waals surface area contributed by atoms with Crippen LogP contribution in [0.5, 0.6) is 0 Å². The minimum absolute atomic E-state index is 0.310. The Balaban J connectivity index is 2.15. The molecule has 2 atom stereocenters. The van der Waals surface area contributed by atoms with Gasteiger partial charge in [0, 0.05) is 11.6 Å². The van der Waals surface area contributed by atoms with Crippen molar-refractivity contribution in [2.24, 2.45) is 11.8 Å². The lowest BCUT2D eigenvalue weighted by Crippen LogP contribution is -2.29. The zero-order valence-electron chi connectivity index (χ0n) is 11.6. The number of carbonyl (C=O) groups is 2. The van der Waals surface area contributed by atoms with Crippen molar-refractivity contribution in [1.29, 1.82) is 0 Å². The van der Waals surface area contributed by atoms with Crippen molar-refractivity contribution < 1.29 is 14.7 Å². The quantitative estimate of drug-likeness (QED) is 0.796. The number of aromatic nitrogens is 2. The van der Waals surface area contributed by atoms with E-state index >= 15 is 0 Å². The van der Waals surface area contributed by atoms with Gasteiger partial charge in [0.1, 0.15) is 5.82 Å². The number of carboxylic acid groups (broad SMARTS) is 1. The molecule has 1 heterocycles. The molecule has 6 heteroatoms. The Bertz CT molecular complexity index is 663. The predicted molar refractivity (Wildman–Crippen MR) is 75.4 cm³/mol. The minimum atomic E-state index is -0.979. The summed E-state index contributed by atoms with van der Waals surface area (Å²) < 4.78 is 0. The van der Waals surface area contributed by atoms with Gasteiger partial charge in [-0.3, -0.25) is 9.59 Å². The van der Waals surface area contributed by atoms with Crippen LogP contribution in [0.3, 0.4) is 0 Å². The first-order valence-electron chi connectivity index (χ1n) is 6.38. The van der Waals surface area contributed by atoms with Crippen LogP contribution < -0.4 is 5.32 Å². The minimum Gasteiger partial charge on any atom is -0.481 e. The highest BCUT2D eigenvalue weighted by molar-refractivity contribution is 5.96. The van der Waals surface area contributed by atoms with Gasteiger partial charge in [-0.25, -0.2) is 4.98 Å². The van der Waals surface area contributed by atoms with E-state index in [1.807, 2.05) is 6.92 Å². The third-order valence-corrected chi connectivity index (χ3v) is 3.42. The molecule has 20 heavy (non-hydrogen) atoms. The first kappa shape index (κ1) is 14.0. The normalized spacial score (nSPS) is 13.9.